The number of benzene rings is 1. The SMILES string of the molecule is CCN(Cc1ccc(C(=O)NC[C@H](C)N2CCOCC2)cc1)C(C)C. The first-order valence-corrected chi connectivity index (χ1v) is 9.44. The highest BCUT2D eigenvalue weighted by molar-refractivity contribution is 5.94. The van der Waals surface area contributed by atoms with Crippen molar-refractivity contribution in [1.29, 1.82) is 0 Å². The molecule has 0 saturated carbocycles. The van der Waals surface area contributed by atoms with Crippen LogP contribution in [0.15, 0.2) is 24.3 Å². The number of morpholine rings is 1. The summed E-state index contributed by atoms with van der Waals surface area (Å²) in [6.45, 7) is 14.8. The normalized spacial score (nSPS) is 17.0. The van der Waals surface area contributed by atoms with Gasteiger partial charge in [0.2, 0.25) is 0 Å². The van der Waals surface area contributed by atoms with Crippen LogP contribution >= 0.6 is 0 Å². The van der Waals surface area contributed by atoms with E-state index in [1.807, 2.05) is 12.1 Å². The van der Waals surface area contributed by atoms with Gasteiger partial charge in [0, 0.05) is 43.8 Å². The van der Waals surface area contributed by atoms with Gasteiger partial charge in [-0.05, 0) is 45.0 Å². The maximum absolute atomic E-state index is 12.4. The zero-order chi connectivity index (χ0) is 18.2. The van der Waals surface area contributed by atoms with E-state index in [0.29, 0.717) is 18.6 Å². The second-order valence-electron chi connectivity index (χ2n) is 7.06. The van der Waals surface area contributed by atoms with Crippen LogP contribution in [0.25, 0.3) is 0 Å². The highest BCUT2D eigenvalue weighted by Gasteiger charge is 2.17. The molecule has 1 N–H and O–H groups in total. The van der Waals surface area contributed by atoms with Gasteiger partial charge in [-0.15, -0.1) is 0 Å². The number of hydrogen-bond acceptors (Lipinski definition) is 4. The number of nitrogens with one attached hydrogen (secondary N) is 1. The number of amides is 1. The Morgan fingerprint density at radius 3 is 2.40 bits per heavy atom. The number of rotatable bonds is 8. The van der Waals surface area contributed by atoms with Crippen molar-refractivity contribution in [2.45, 2.75) is 46.3 Å². The Morgan fingerprint density at radius 1 is 1.20 bits per heavy atom. The van der Waals surface area contributed by atoms with E-state index in [2.05, 4.69) is 54.9 Å². The fraction of sp³-hybridized carbons (Fsp3) is 0.650. The van der Waals surface area contributed by atoms with Gasteiger partial charge in [-0.3, -0.25) is 14.6 Å². The van der Waals surface area contributed by atoms with Crippen LogP contribution in [0.4, 0.5) is 0 Å². The first kappa shape index (κ1) is 19.9. The van der Waals surface area contributed by atoms with Crippen LogP contribution in [0.5, 0.6) is 0 Å². The summed E-state index contributed by atoms with van der Waals surface area (Å²) in [6.07, 6.45) is 0. The average molecular weight is 348 g/mol. The van der Waals surface area contributed by atoms with Crippen molar-refractivity contribution in [1.82, 2.24) is 15.1 Å². The predicted octanol–water partition coefficient (Wildman–Crippen LogP) is 2.37. The first-order valence-electron chi connectivity index (χ1n) is 9.44. The van der Waals surface area contributed by atoms with Crippen LogP contribution < -0.4 is 5.32 Å². The van der Waals surface area contributed by atoms with E-state index in [1.54, 1.807) is 0 Å². The summed E-state index contributed by atoms with van der Waals surface area (Å²) in [6, 6.07) is 8.83. The molecule has 0 spiro atoms. The second-order valence-corrected chi connectivity index (χ2v) is 7.06. The number of ether oxygens (including phenoxy) is 1. The smallest absolute Gasteiger partial charge is 0.251 e. The number of hydrogen-bond donors (Lipinski definition) is 1. The third-order valence-corrected chi connectivity index (χ3v) is 4.97. The maximum atomic E-state index is 12.4. The van der Waals surface area contributed by atoms with Crippen molar-refractivity contribution >= 4 is 5.91 Å². The minimum atomic E-state index is 0.00265. The zero-order valence-corrected chi connectivity index (χ0v) is 16.1. The first-order chi connectivity index (χ1) is 12.0. The molecule has 1 saturated heterocycles. The van der Waals surface area contributed by atoms with Crippen molar-refractivity contribution in [2.24, 2.45) is 0 Å². The Bertz CT molecular complexity index is 524. The average Bonchev–Trinajstić information content (AvgIpc) is 2.64. The lowest BCUT2D eigenvalue weighted by molar-refractivity contribution is 0.0204. The van der Waals surface area contributed by atoms with Crippen LogP contribution in [-0.2, 0) is 11.3 Å². The molecule has 2 rings (SSSR count). The lowest BCUT2D eigenvalue weighted by Crippen LogP contribution is -2.47. The van der Waals surface area contributed by atoms with Crippen molar-refractivity contribution in [3.63, 3.8) is 0 Å². The third kappa shape index (κ3) is 6.10. The molecule has 1 aromatic rings. The predicted molar refractivity (Wildman–Crippen MR) is 102 cm³/mol. The monoisotopic (exact) mass is 347 g/mol. The summed E-state index contributed by atoms with van der Waals surface area (Å²) in [5, 5.41) is 3.05. The third-order valence-electron chi connectivity index (χ3n) is 4.97. The minimum absolute atomic E-state index is 0.00265. The summed E-state index contributed by atoms with van der Waals surface area (Å²) in [7, 11) is 0. The second kappa shape index (κ2) is 9.90. The van der Waals surface area contributed by atoms with Crippen LogP contribution in [-0.4, -0.2) is 67.2 Å². The van der Waals surface area contributed by atoms with Crippen molar-refractivity contribution < 1.29 is 9.53 Å². The van der Waals surface area contributed by atoms with Gasteiger partial charge in [0.1, 0.15) is 0 Å². The fourth-order valence-corrected chi connectivity index (χ4v) is 3.15. The van der Waals surface area contributed by atoms with Gasteiger partial charge in [0.05, 0.1) is 13.2 Å². The van der Waals surface area contributed by atoms with Crippen LogP contribution in [0.1, 0.15) is 43.6 Å². The van der Waals surface area contributed by atoms with Gasteiger partial charge in [0.25, 0.3) is 5.91 Å². The van der Waals surface area contributed by atoms with E-state index < -0.39 is 0 Å². The Hall–Kier alpha value is -1.43. The molecule has 0 unspecified atom stereocenters. The largest absolute Gasteiger partial charge is 0.379 e. The van der Waals surface area contributed by atoms with Crippen molar-refractivity contribution in [3.8, 4) is 0 Å². The zero-order valence-electron chi connectivity index (χ0n) is 16.1. The molecule has 1 atom stereocenters. The molecule has 0 radical (unpaired) electrons. The van der Waals surface area contributed by atoms with E-state index in [9.17, 15) is 4.79 Å². The topological polar surface area (TPSA) is 44.8 Å². The van der Waals surface area contributed by atoms with E-state index >= 15 is 0 Å². The van der Waals surface area contributed by atoms with Gasteiger partial charge in [0.15, 0.2) is 0 Å². The van der Waals surface area contributed by atoms with Crippen molar-refractivity contribution in [3.05, 3.63) is 35.4 Å². The lowest BCUT2D eigenvalue weighted by atomic mass is 10.1. The van der Waals surface area contributed by atoms with Crippen LogP contribution in [0.2, 0.25) is 0 Å². The summed E-state index contributed by atoms with van der Waals surface area (Å²) in [4.78, 5) is 17.1. The van der Waals surface area contributed by atoms with Gasteiger partial charge >= 0.3 is 0 Å². The Balaban J connectivity index is 1.83. The number of carbonyl (C=O) groups excluding carboxylic acids is 1. The molecule has 0 bridgehead atoms. The summed E-state index contributed by atoms with van der Waals surface area (Å²) in [5.74, 6) is 0.00265. The quantitative estimate of drug-likeness (QED) is 0.784. The van der Waals surface area contributed by atoms with Crippen LogP contribution in [0.3, 0.4) is 0 Å². The molecule has 1 fully saturated rings. The highest BCUT2D eigenvalue weighted by atomic mass is 16.5. The Morgan fingerprint density at radius 2 is 1.84 bits per heavy atom. The Kier molecular flexibility index (Phi) is 7.88. The summed E-state index contributed by atoms with van der Waals surface area (Å²) < 4.78 is 5.37. The molecule has 5 nitrogen and oxygen atoms in total. The van der Waals surface area contributed by atoms with Gasteiger partial charge in [-0.25, -0.2) is 0 Å². The molecular formula is C20H33N3O2. The van der Waals surface area contributed by atoms with Gasteiger partial charge in [-0.2, -0.15) is 0 Å². The van der Waals surface area contributed by atoms with Gasteiger partial charge < -0.3 is 10.1 Å². The van der Waals surface area contributed by atoms with Crippen molar-refractivity contribution in [2.75, 3.05) is 39.4 Å². The maximum Gasteiger partial charge on any atom is 0.251 e. The minimum Gasteiger partial charge on any atom is -0.379 e. The molecule has 1 amide bonds. The fourth-order valence-electron chi connectivity index (χ4n) is 3.15. The molecule has 1 aliphatic heterocycles. The number of nitrogens with zero attached hydrogens (tertiary/aromatic N) is 2. The van der Waals surface area contributed by atoms with E-state index in [-0.39, 0.29) is 5.91 Å². The van der Waals surface area contributed by atoms with Gasteiger partial charge in [-0.1, -0.05) is 19.1 Å². The molecule has 1 aromatic carbocycles. The summed E-state index contributed by atoms with van der Waals surface area (Å²) >= 11 is 0. The molecular weight excluding hydrogens is 314 g/mol. The summed E-state index contributed by atoms with van der Waals surface area (Å²) in [5.41, 5.74) is 1.97. The standard InChI is InChI=1S/C20H33N3O2/c1-5-22(16(2)3)15-18-6-8-19(9-7-18)20(24)21-14-17(4)23-10-12-25-13-11-23/h6-9,16-17H,5,10-15H2,1-4H3,(H,21,24)/t17-/m0/s1. The molecule has 25 heavy (non-hydrogen) atoms. The molecule has 0 aromatic heterocycles. The number of carbonyl (C=O) groups is 1. The molecule has 140 valence electrons. The van der Waals surface area contributed by atoms with Crippen LogP contribution in [0, 0.1) is 0 Å². The van der Waals surface area contributed by atoms with E-state index in [4.69, 9.17) is 4.74 Å². The Labute approximate surface area is 152 Å². The molecule has 0 aliphatic carbocycles. The molecule has 5 heteroatoms. The molecule has 1 aliphatic rings. The molecule has 1 heterocycles. The van der Waals surface area contributed by atoms with E-state index in [1.165, 1.54) is 5.56 Å². The highest BCUT2D eigenvalue weighted by Crippen LogP contribution is 2.10. The van der Waals surface area contributed by atoms with E-state index in [0.717, 1.165) is 45.0 Å². The lowest BCUT2D eigenvalue weighted by Gasteiger charge is -2.32.